The highest BCUT2D eigenvalue weighted by Crippen LogP contribution is 2.28. The zero-order valence-electron chi connectivity index (χ0n) is 20.8. The monoisotopic (exact) mass is 518 g/mol. The van der Waals surface area contributed by atoms with Crippen molar-refractivity contribution in [3.05, 3.63) is 70.9 Å². The fraction of sp³-hybridized carbons (Fsp3) is 0.259. The summed E-state index contributed by atoms with van der Waals surface area (Å²) >= 11 is 0. The molecule has 0 bridgehead atoms. The molecule has 1 aliphatic heterocycles. The Morgan fingerprint density at radius 3 is 2.63 bits per heavy atom. The number of halogens is 2. The summed E-state index contributed by atoms with van der Waals surface area (Å²) in [5, 5.41) is 0.613. The van der Waals surface area contributed by atoms with Crippen molar-refractivity contribution in [1.82, 2.24) is 29.0 Å². The van der Waals surface area contributed by atoms with Gasteiger partial charge in [0.25, 0.3) is 5.56 Å². The van der Waals surface area contributed by atoms with Gasteiger partial charge in [0.1, 0.15) is 11.6 Å². The van der Waals surface area contributed by atoms with Crippen LogP contribution in [0.3, 0.4) is 0 Å². The van der Waals surface area contributed by atoms with Crippen molar-refractivity contribution in [3.63, 3.8) is 0 Å². The summed E-state index contributed by atoms with van der Waals surface area (Å²) in [4.78, 5) is 29.7. The first-order valence-corrected chi connectivity index (χ1v) is 12.2. The van der Waals surface area contributed by atoms with Crippen molar-refractivity contribution in [2.24, 2.45) is 0 Å². The van der Waals surface area contributed by atoms with E-state index >= 15 is 0 Å². The van der Waals surface area contributed by atoms with Gasteiger partial charge in [-0.1, -0.05) is 6.07 Å². The number of aromatic nitrogens is 5. The molecule has 0 radical (unpaired) electrons. The second-order valence-electron chi connectivity index (χ2n) is 9.06. The van der Waals surface area contributed by atoms with E-state index in [9.17, 15) is 13.6 Å². The van der Waals surface area contributed by atoms with Crippen LogP contribution in [0.25, 0.3) is 38.9 Å². The van der Waals surface area contributed by atoms with Crippen LogP contribution in [-0.4, -0.2) is 55.8 Å². The zero-order valence-corrected chi connectivity index (χ0v) is 20.8. The van der Waals surface area contributed by atoms with Gasteiger partial charge in [-0.2, -0.15) is 13.8 Å². The molecule has 194 valence electrons. The van der Waals surface area contributed by atoms with Gasteiger partial charge >= 0.3 is 12.6 Å². The van der Waals surface area contributed by atoms with E-state index in [0.717, 1.165) is 36.5 Å². The van der Waals surface area contributed by atoms with Crippen LogP contribution in [0.2, 0.25) is 0 Å². The maximum absolute atomic E-state index is 14.0. The van der Waals surface area contributed by atoms with Gasteiger partial charge in [-0.15, -0.1) is 0 Å². The number of fused-ring (bicyclic) bond motifs is 4. The average Bonchev–Trinajstić information content (AvgIpc) is 3.25. The number of nitrogens with zero attached hydrogens (tertiary/aromatic N) is 6. The van der Waals surface area contributed by atoms with Gasteiger partial charge in [-0.05, 0) is 62.0 Å². The fourth-order valence-electron chi connectivity index (χ4n) is 4.81. The van der Waals surface area contributed by atoms with Crippen LogP contribution in [-0.2, 0) is 13.1 Å². The predicted molar refractivity (Wildman–Crippen MR) is 138 cm³/mol. The van der Waals surface area contributed by atoms with Gasteiger partial charge in [0, 0.05) is 30.2 Å². The molecule has 0 N–H and O–H groups in total. The Labute approximate surface area is 215 Å². The molecule has 3 aromatic heterocycles. The fourth-order valence-corrected chi connectivity index (χ4v) is 4.81. The molecular formula is C27H24F2N6O3. The number of imidazole rings is 1. The number of benzene rings is 2. The van der Waals surface area contributed by atoms with Crippen LogP contribution < -0.4 is 15.0 Å². The number of hydrogen-bond acceptors (Lipinski definition) is 7. The van der Waals surface area contributed by atoms with E-state index in [1.165, 1.54) is 28.8 Å². The lowest BCUT2D eigenvalue weighted by molar-refractivity contribution is -0.0498. The van der Waals surface area contributed by atoms with Crippen LogP contribution in [0.1, 0.15) is 12.7 Å². The molecule has 5 aromatic rings. The number of alkyl halides is 2. The highest BCUT2D eigenvalue weighted by atomic mass is 19.3. The van der Waals surface area contributed by atoms with Crippen molar-refractivity contribution < 1.29 is 18.3 Å². The summed E-state index contributed by atoms with van der Waals surface area (Å²) in [7, 11) is 2.07. The average molecular weight is 519 g/mol. The predicted octanol–water partition coefficient (Wildman–Crippen LogP) is 4.24. The number of ether oxygens (including phenoxy) is 2. The van der Waals surface area contributed by atoms with Gasteiger partial charge in [-0.25, -0.2) is 9.97 Å². The molecule has 2 aromatic carbocycles. The standard InChI is InChI=1S/C27H24F2N6O3/c1-3-37-27-30-14-17-12-20(16-4-9-22-21(13-16)31-23-15-33(2)10-11-34(22)23)25(36)35(24(17)32-27)18-5-7-19(8-6-18)38-26(28)29/h4-9,12-14,26H,3,10-11,15H2,1-2H3. The molecule has 0 saturated carbocycles. The lowest BCUT2D eigenvalue weighted by Gasteiger charge is -2.23. The van der Waals surface area contributed by atoms with E-state index in [4.69, 9.17) is 9.72 Å². The second kappa shape index (κ2) is 9.49. The Hall–Kier alpha value is -4.38. The van der Waals surface area contributed by atoms with Gasteiger partial charge in [-0.3, -0.25) is 14.3 Å². The Balaban J connectivity index is 1.53. The van der Waals surface area contributed by atoms with Crippen LogP contribution in [0, 0.1) is 0 Å². The third-order valence-corrected chi connectivity index (χ3v) is 6.57. The van der Waals surface area contributed by atoms with Crippen LogP contribution in [0.15, 0.2) is 59.5 Å². The number of hydrogen-bond donors (Lipinski definition) is 0. The molecule has 0 aliphatic carbocycles. The van der Waals surface area contributed by atoms with E-state index in [2.05, 4.69) is 31.2 Å². The maximum atomic E-state index is 14.0. The quantitative estimate of drug-likeness (QED) is 0.332. The molecule has 6 rings (SSSR count). The highest BCUT2D eigenvalue weighted by molar-refractivity contribution is 5.87. The lowest BCUT2D eigenvalue weighted by Crippen LogP contribution is -2.30. The van der Waals surface area contributed by atoms with Gasteiger partial charge in [0.2, 0.25) is 0 Å². The minimum atomic E-state index is -2.95. The van der Waals surface area contributed by atoms with Crippen molar-refractivity contribution in [2.45, 2.75) is 26.6 Å². The Kier molecular flexibility index (Phi) is 5.99. The normalized spacial score (nSPS) is 13.8. The highest BCUT2D eigenvalue weighted by Gasteiger charge is 2.20. The Morgan fingerprint density at radius 1 is 1.05 bits per heavy atom. The molecule has 0 unspecified atom stereocenters. The molecule has 11 heteroatoms. The molecule has 1 aliphatic rings. The largest absolute Gasteiger partial charge is 0.464 e. The summed E-state index contributed by atoms with van der Waals surface area (Å²) < 4.78 is 38.9. The lowest BCUT2D eigenvalue weighted by atomic mass is 10.0. The van der Waals surface area contributed by atoms with Crippen molar-refractivity contribution in [3.8, 4) is 28.6 Å². The minimum Gasteiger partial charge on any atom is -0.464 e. The number of likely N-dealkylation sites (N-methyl/N-ethyl adjacent to an activating group) is 1. The molecule has 0 amide bonds. The van der Waals surface area contributed by atoms with E-state index in [0.29, 0.717) is 34.5 Å². The van der Waals surface area contributed by atoms with E-state index in [1.54, 1.807) is 12.3 Å². The van der Waals surface area contributed by atoms with Gasteiger partial charge in [0.05, 0.1) is 29.9 Å². The Morgan fingerprint density at radius 2 is 1.87 bits per heavy atom. The van der Waals surface area contributed by atoms with Gasteiger partial charge in [0.15, 0.2) is 5.65 Å². The third kappa shape index (κ3) is 4.24. The smallest absolute Gasteiger partial charge is 0.387 e. The van der Waals surface area contributed by atoms with Gasteiger partial charge < -0.3 is 14.0 Å². The minimum absolute atomic E-state index is 0.0123. The van der Waals surface area contributed by atoms with Crippen molar-refractivity contribution in [2.75, 3.05) is 20.2 Å². The molecular weight excluding hydrogens is 494 g/mol. The summed E-state index contributed by atoms with van der Waals surface area (Å²) in [6.45, 7) is 1.79. The number of rotatable bonds is 6. The summed E-state index contributed by atoms with van der Waals surface area (Å²) in [5.41, 5.74) is 3.42. The maximum Gasteiger partial charge on any atom is 0.387 e. The molecule has 9 nitrogen and oxygen atoms in total. The summed E-state index contributed by atoms with van der Waals surface area (Å²) in [6, 6.07) is 13.6. The summed E-state index contributed by atoms with van der Waals surface area (Å²) in [5.74, 6) is 0.978. The number of pyridine rings is 1. The molecule has 0 fully saturated rings. The molecule has 4 heterocycles. The van der Waals surface area contributed by atoms with Crippen LogP contribution >= 0.6 is 0 Å². The SMILES string of the molecule is CCOc1ncc2cc(-c3ccc4c(c3)nc3n4CCN(C)C3)c(=O)n(-c3ccc(OC(F)F)cc3)c2n1. The second-order valence-corrected chi connectivity index (χ2v) is 9.06. The Bertz CT molecular complexity index is 1710. The first kappa shape index (κ1) is 24.0. The topological polar surface area (TPSA) is 87.3 Å². The van der Waals surface area contributed by atoms with E-state index < -0.39 is 6.61 Å². The first-order chi connectivity index (χ1) is 18.4. The van der Waals surface area contributed by atoms with Crippen LogP contribution in [0.5, 0.6) is 11.8 Å². The molecule has 0 atom stereocenters. The van der Waals surface area contributed by atoms with E-state index in [-0.39, 0.29) is 17.3 Å². The van der Waals surface area contributed by atoms with Crippen LogP contribution in [0.4, 0.5) is 8.78 Å². The first-order valence-electron chi connectivity index (χ1n) is 12.2. The molecule has 0 saturated heterocycles. The zero-order chi connectivity index (χ0) is 26.4. The molecule has 0 spiro atoms. The third-order valence-electron chi connectivity index (χ3n) is 6.57. The van der Waals surface area contributed by atoms with Crippen molar-refractivity contribution >= 4 is 22.1 Å². The van der Waals surface area contributed by atoms with E-state index in [1.807, 2.05) is 25.1 Å². The molecule has 38 heavy (non-hydrogen) atoms. The van der Waals surface area contributed by atoms with Crippen molar-refractivity contribution in [1.29, 1.82) is 0 Å². The summed E-state index contributed by atoms with van der Waals surface area (Å²) in [6.07, 6.45) is 1.60.